The largest absolute Gasteiger partial charge is 0.383 e. The van der Waals surface area contributed by atoms with Crippen LogP contribution in [0.3, 0.4) is 0 Å². The Morgan fingerprint density at radius 2 is 2.50 bits per heavy atom. The fourth-order valence-electron chi connectivity index (χ4n) is 0.555. The Hall–Kier alpha value is -1.10. The van der Waals surface area contributed by atoms with Crippen LogP contribution in [0, 0.1) is 0 Å². The Morgan fingerprint density at radius 1 is 1.80 bits per heavy atom. The van der Waals surface area contributed by atoms with Crippen molar-refractivity contribution in [3.63, 3.8) is 0 Å². The predicted molar refractivity (Wildman–Crippen MR) is 39.4 cm³/mol. The second-order valence-corrected chi connectivity index (χ2v) is 2.75. The summed E-state index contributed by atoms with van der Waals surface area (Å²) in [5, 5.41) is 2.35. The number of nitrogens with two attached hydrogens (primary N) is 2. The summed E-state index contributed by atoms with van der Waals surface area (Å²) in [6, 6.07) is 0. The van der Waals surface area contributed by atoms with Crippen molar-refractivity contribution < 1.29 is 4.79 Å². The van der Waals surface area contributed by atoms with Gasteiger partial charge in [0.05, 0.1) is 6.42 Å². The second-order valence-electron chi connectivity index (χ2n) is 1.81. The van der Waals surface area contributed by atoms with Gasteiger partial charge in [-0.25, -0.2) is 4.98 Å². The molecule has 54 valence electrons. The number of anilines is 1. The summed E-state index contributed by atoms with van der Waals surface area (Å²) in [6.07, 6.45) is 0.182. The first-order valence-corrected chi connectivity index (χ1v) is 3.54. The van der Waals surface area contributed by atoms with Crippen LogP contribution in [0.5, 0.6) is 0 Å². The van der Waals surface area contributed by atoms with E-state index < -0.39 is 0 Å². The molecule has 0 saturated heterocycles. The van der Waals surface area contributed by atoms with Crippen molar-refractivity contribution in [3.8, 4) is 0 Å². The zero-order chi connectivity index (χ0) is 7.56. The molecule has 0 aliphatic carbocycles. The van der Waals surface area contributed by atoms with Crippen LogP contribution < -0.4 is 11.5 Å². The highest BCUT2D eigenvalue weighted by molar-refractivity contribution is 7.10. The summed E-state index contributed by atoms with van der Waals surface area (Å²) in [6.45, 7) is 0. The van der Waals surface area contributed by atoms with E-state index in [9.17, 15) is 4.79 Å². The number of primary amides is 1. The molecule has 1 rings (SSSR count). The van der Waals surface area contributed by atoms with Gasteiger partial charge in [0.15, 0.2) is 0 Å². The fourth-order valence-corrected chi connectivity index (χ4v) is 1.25. The maximum Gasteiger partial charge on any atom is 0.224 e. The van der Waals surface area contributed by atoms with Crippen molar-refractivity contribution in [3.05, 3.63) is 10.4 Å². The molecule has 0 unspecified atom stereocenters. The minimum Gasteiger partial charge on any atom is -0.383 e. The van der Waals surface area contributed by atoms with Gasteiger partial charge in [-0.3, -0.25) is 4.79 Å². The lowest BCUT2D eigenvalue weighted by Gasteiger charge is -1.85. The molecule has 1 aromatic rings. The number of hydrogen-bond donors (Lipinski definition) is 2. The molecule has 0 bridgehead atoms. The van der Waals surface area contributed by atoms with Crippen molar-refractivity contribution in [2.24, 2.45) is 5.73 Å². The highest BCUT2D eigenvalue weighted by Crippen LogP contribution is 2.10. The van der Waals surface area contributed by atoms with E-state index in [2.05, 4.69) is 4.98 Å². The number of hydrogen-bond acceptors (Lipinski definition) is 4. The van der Waals surface area contributed by atoms with Crippen LogP contribution >= 0.6 is 11.3 Å². The quantitative estimate of drug-likeness (QED) is 0.621. The zero-order valence-corrected chi connectivity index (χ0v) is 6.02. The van der Waals surface area contributed by atoms with E-state index in [1.165, 1.54) is 11.3 Å². The van der Waals surface area contributed by atoms with E-state index in [-0.39, 0.29) is 12.3 Å². The topological polar surface area (TPSA) is 82.0 Å². The number of rotatable bonds is 2. The van der Waals surface area contributed by atoms with E-state index in [1.807, 2.05) is 0 Å². The molecule has 5 heteroatoms. The van der Waals surface area contributed by atoms with Gasteiger partial charge in [-0.05, 0) is 0 Å². The second kappa shape index (κ2) is 2.66. The van der Waals surface area contributed by atoms with Gasteiger partial charge in [0, 0.05) is 5.38 Å². The lowest BCUT2D eigenvalue weighted by atomic mass is 10.4. The normalized spacial score (nSPS) is 9.60. The van der Waals surface area contributed by atoms with Gasteiger partial charge in [0.1, 0.15) is 10.8 Å². The van der Waals surface area contributed by atoms with E-state index in [1.54, 1.807) is 5.38 Å². The average molecular weight is 157 g/mol. The lowest BCUT2D eigenvalue weighted by Crippen LogP contribution is -2.13. The number of aromatic nitrogens is 1. The first kappa shape index (κ1) is 7.01. The van der Waals surface area contributed by atoms with Crippen LogP contribution in [0.1, 0.15) is 5.01 Å². The Morgan fingerprint density at radius 3 is 2.90 bits per heavy atom. The Bertz CT molecular complexity index is 245. The van der Waals surface area contributed by atoms with E-state index in [0.29, 0.717) is 10.8 Å². The highest BCUT2D eigenvalue weighted by Gasteiger charge is 2.01. The van der Waals surface area contributed by atoms with Gasteiger partial charge in [-0.1, -0.05) is 0 Å². The number of carbonyl (C=O) groups is 1. The van der Waals surface area contributed by atoms with Gasteiger partial charge in [-0.15, -0.1) is 11.3 Å². The predicted octanol–water partition coefficient (Wildman–Crippen LogP) is -0.247. The Labute approximate surface area is 61.9 Å². The Kier molecular flexibility index (Phi) is 1.86. The highest BCUT2D eigenvalue weighted by atomic mass is 32.1. The van der Waals surface area contributed by atoms with Crippen LogP contribution in [-0.2, 0) is 11.2 Å². The fraction of sp³-hybridized carbons (Fsp3) is 0.200. The van der Waals surface area contributed by atoms with Crippen molar-refractivity contribution in [2.45, 2.75) is 6.42 Å². The maximum absolute atomic E-state index is 10.3. The number of amides is 1. The van der Waals surface area contributed by atoms with Crippen LogP contribution in [0.2, 0.25) is 0 Å². The monoisotopic (exact) mass is 157 g/mol. The summed E-state index contributed by atoms with van der Waals surface area (Å²) in [5.74, 6) is 0.0654. The molecule has 0 aliphatic heterocycles. The molecular formula is C5H7N3OS. The average Bonchev–Trinajstić information content (AvgIpc) is 2.13. The van der Waals surface area contributed by atoms with E-state index in [4.69, 9.17) is 11.5 Å². The molecule has 0 spiro atoms. The number of carbonyl (C=O) groups excluding carboxylic acids is 1. The molecular weight excluding hydrogens is 150 g/mol. The third kappa shape index (κ3) is 1.70. The molecule has 4 nitrogen and oxygen atoms in total. The third-order valence-corrected chi connectivity index (χ3v) is 1.76. The van der Waals surface area contributed by atoms with Crippen molar-refractivity contribution in [1.29, 1.82) is 0 Å². The van der Waals surface area contributed by atoms with E-state index >= 15 is 0 Å². The van der Waals surface area contributed by atoms with Crippen molar-refractivity contribution in [1.82, 2.24) is 4.98 Å². The summed E-state index contributed by atoms with van der Waals surface area (Å²) in [7, 11) is 0. The standard InChI is InChI=1S/C5H7N3OS/c6-3-2-10-5(8-3)1-4(7)9/h2H,1,6H2,(H2,7,9). The van der Waals surface area contributed by atoms with Crippen LogP contribution in [0.15, 0.2) is 5.38 Å². The first-order valence-electron chi connectivity index (χ1n) is 2.66. The van der Waals surface area contributed by atoms with Crippen LogP contribution in [0.4, 0.5) is 5.82 Å². The van der Waals surface area contributed by atoms with Gasteiger partial charge >= 0.3 is 0 Å². The number of nitrogens with zero attached hydrogens (tertiary/aromatic N) is 1. The van der Waals surface area contributed by atoms with E-state index in [0.717, 1.165) is 0 Å². The molecule has 0 aromatic carbocycles. The molecule has 4 N–H and O–H groups in total. The van der Waals surface area contributed by atoms with Crippen molar-refractivity contribution >= 4 is 23.1 Å². The van der Waals surface area contributed by atoms with Gasteiger partial charge in [-0.2, -0.15) is 0 Å². The minimum absolute atomic E-state index is 0.182. The molecule has 1 aromatic heterocycles. The molecule has 0 radical (unpaired) electrons. The summed E-state index contributed by atoms with van der Waals surface area (Å²) >= 11 is 1.34. The summed E-state index contributed by atoms with van der Waals surface area (Å²) < 4.78 is 0. The maximum atomic E-state index is 10.3. The van der Waals surface area contributed by atoms with Gasteiger partial charge in [0.25, 0.3) is 0 Å². The lowest BCUT2D eigenvalue weighted by molar-refractivity contribution is -0.117. The molecule has 1 amide bonds. The molecule has 1 heterocycles. The summed E-state index contributed by atoms with van der Waals surface area (Å²) in [4.78, 5) is 14.2. The third-order valence-electron chi connectivity index (χ3n) is 0.895. The number of thiazole rings is 1. The van der Waals surface area contributed by atoms with Crippen LogP contribution in [0.25, 0.3) is 0 Å². The van der Waals surface area contributed by atoms with Crippen LogP contribution in [-0.4, -0.2) is 10.9 Å². The Balaban J connectivity index is 2.67. The van der Waals surface area contributed by atoms with Gasteiger partial charge in [0.2, 0.25) is 5.91 Å². The molecule has 10 heavy (non-hydrogen) atoms. The molecule has 0 atom stereocenters. The smallest absolute Gasteiger partial charge is 0.224 e. The van der Waals surface area contributed by atoms with Crippen molar-refractivity contribution in [2.75, 3.05) is 5.73 Å². The SMILES string of the molecule is NC(=O)Cc1nc(N)cs1. The summed E-state index contributed by atoms with van der Waals surface area (Å²) in [5.41, 5.74) is 10.2. The van der Waals surface area contributed by atoms with Gasteiger partial charge < -0.3 is 11.5 Å². The minimum atomic E-state index is -0.380. The number of nitrogen functional groups attached to an aromatic ring is 1. The first-order chi connectivity index (χ1) is 4.68. The molecule has 0 saturated carbocycles. The molecule has 0 aliphatic rings. The zero-order valence-electron chi connectivity index (χ0n) is 5.20. The molecule has 0 fully saturated rings.